The molecule has 0 aromatic heterocycles. The number of nitrogens with zero attached hydrogens (tertiary/aromatic N) is 2. The van der Waals surface area contributed by atoms with Gasteiger partial charge in [-0.3, -0.25) is 0 Å². The Morgan fingerprint density at radius 1 is 0.650 bits per heavy atom. The maximum atomic E-state index is 4.46. The molecule has 20 heavy (non-hydrogen) atoms. The summed E-state index contributed by atoms with van der Waals surface area (Å²) in [6.45, 7) is 4.21. The Balaban J connectivity index is 2.30. The van der Waals surface area contributed by atoms with Gasteiger partial charge in [-0.05, 0) is 24.0 Å². The Hall–Kier alpha value is -2.22. The fraction of sp³-hybridized carbons (Fsp3) is 0.222. The van der Waals surface area contributed by atoms with E-state index in [4.69, 9.17) is 0 Å². The number of rotatable bonds is 5. The van der Waals surface area contributed by atoms with E-state index in [1.807, 2.05) is 36.4 Å². The van der Waals surface area contributed by atoms with Gasteiger partial charge in [-0.25, -0.2) is 0 Å². The molecular weight excluding hydrogens is 244 g/mol. The van der Waals surface area contributed by atoms with Crippen LogP contribution in [0.2, 0.25) is 0 Å². The summed E-state index contributed by atoms with van der Waals surface area (Å²) >= 11 is 0. The van der Waals surface area contributed by atoms with Crippen molar-refractivity contribution in [1.29, 1.82) is 0 Å². The highest BCUT2D eigenvalue weighted by molar-refractivity contribution is 6.03. The molecule has 2 aromatic carbocycles. The normalized spacial score (nSPS) is 12.5. The molecule has 102 valence electrons. The van der Waals surface area contributed by atoms with E-state index in [1.165, 1.54) is 0 Å². The van der Waals surface area contributed by atoms with Crippen molar-refractivity contribution in [2.75, 3.05) is 0 Å². The van der Waals surface area contributed by atoms with Gasteiger partial charge in [-0.15, -0.1) is 0 Å². The van der Waals surface area contributed by atoms with Crippen molar-refractivity contribution in [3.63, 3.8) is 0 Å². The van der Waals surface area contributed by atoms with Crippen LogP contribution in [0.25, 0.3) is 0 Å². The summed E-state index contributed by atoms with van der Waals surface area (Å²) in [6, 6.07) is 20.5. The molecule has 0 bridgehead atoms. The molecule has 0 aliphatic heterocycles. The summed E-state index contributed by atoms with van der Waals surface area (Å²) in [5.74, 6) is 0. The van der Waals surface area contributed by atoms with Crippen molar-refractivity contribution in [3.05, 3.63) is 71.8 Å². The quantitative estimate of drug-likeness (QED) is 0.552. The molecule has 2 heteroatoms. The zero-order valence-electron chi connectivity index (χ0n) is 12.1. The first kappa shape index (κ1) is 14.2. The van der Waals surface area contributed by atoms with Crippen molar-refractivity contribution in [2.45, 2.75) is 26.7 Å². The van der Waals surface area contributed by atoms with Gasteiger partial charge >= 0.3 is 0 Å². The molecule has 0 radical (unpaired) electrons. The van der Waals surface area contributed by atoms with Crippen LogP contribution in [0.15, 0.2) is 70.9 Å². The van der Waals surface area contributed by atoms with Crippen LogP contribution in [0.5, 0.6) is 0 Å². The highest BCUT2D eigenvalue weighted by Crippen LogP contribution is 2.08. The molecule has 0 heterocycles. The van der Waals surface area contributed by atoms with E-state index in [2.05, 4.69) is 48.3 Å². The van der Waals surface area contributed by atoms with Gasteiger partial charge in [0.25, 0.3) is 0 Å². The van der Waals surface area contributed by atoms with Gasteiger partial charge in [0.15, 0.2) is 0 Å². The van der Waals surface area contributed by atoms with Crippen molar-refractivity contribution in [1.82, 2.24) is 0 Å². The average Bonchev–Trinajstić information content (AvgIpc) is 2.53. The Kier molecular flexibility index (Phi) is 5.24. The molecular formula is C18H20N2. The summed E-state index contributed by atoms with van der Waals surface area (Å²) in [7, 11) is 0. The lowest BCUT2D eigenvalue weighted by Gasteiger charge is -2.04. The minimum Gasteiger partial charge on any atom is -0.155 e. The molecule has 0 atom stereocenters. The SMILES string of the molecule is CCC(=N/N=C(\CC)c1ccccc1)c1ccccc1. The molecule has 0 N–H and O–H groups in total. The van der Waals surface area contributed by atoms with E-state index < -0.39 is 0 Å². The van der Waals surface area contributed by atoms with Gasteiger partial charge in [0.1, 0.15) is 0 Å². The maximum Gasteiger partial charge on any atom is 0.0700 e. The standard InChI is InChI=1S/C18H20N2/c1-3-17(15-11-7-5-8-12-15)19-20-18(4-2)16-13-9-6-10-14-16/h5-14H,3-4H2,1-2H3/b19-17+,20-18?. The number of benzene rings is 2. The second kappa shape index (κ2) is 7.39. The van der Waals surface area contributed by atoms with Crippen molar-refractivity contribution in [3.8, 4) is 0 Å². The molecule has 0 saturated heterocycles. The minimum absolute atomic E-state index is 0.874. The summed E-state index contributed by atoms with van der Waals surface area (Å²) < 4.78 is 0. The van der Waals surface area contributed by atoms with Gasteiger partial charge in [-0.1, -0.05) is 74.5 Å². The van der Waals surface area contributed by atoms with E-state index in [9.17, 15) is 0 Å². The van der Waals surface area contributed by atoms with Crippen molar-refractivity contribution < 1.29 is 0 Å². The van der Waals surface area contributed by atoms with Gasteiger partial charge in [0, 0.05) is 0 Å². The van der Waals surface area contributed by atoms with Crippen LogP contribution in [-0.4, -0.2) is 11.4 Å². The molecule has 0 fully saturated rings. The van der Waals surface area contributed by atoms with Crippen LogP contribution >= 0.6 is 0 Å². The lowest BCUT2D eigenvalue weighted by atomic mass is 10.1. The van der Waals surface area contributed by atoms with Crippen molar-refractivity contribution in [2.24, 2.45) is 10.2 Å². The molecule has 2 rings (SSSR count). The highest BCUT2D eigenvalue weighted by Gasteiger charge is 2.02. The van der Waals surface area contributed by atoms with Crippen LogP contribution in [0.4, 0.5) is 0 Å². The minimum atomic E-state index is 0.874. The zero-order valence-corrected chi connectivity index (χ0v) is 12.1. The fourth-order valence-corrected chi connectivity index (χ4v) is 2.05. The summed E-state index contributed by atoms with van der Waals surface area (Å²) in [6.07, 6.45) is 1.75. The van der Waals surface area contributed by atoms with Gasteiger partial charge < -0.3 is 0 Å². The molecule has 0 saturated carbocycles. The maximum absolute atomic E-state index is 4.46. The first-order valence-corrected chi connectivity index (χ1v) is 7.09. The molecule has 0 unspecified atom stereocenters. The third-order valence-electron chi connectivity index (χ3n) is 3.18. The smallest absolute Gasteiger partial charge is 0.0700 e. The highest BCUT2D eigenvalue weighted by atomic mass is 15.2. The number of hydrogen-bond donors (Lipinski definition) is 0. The zero-order chi connectivity index (χ0) is 14.2. The second-order valence-corrected chi connectivity index (χ2v) is 4.53. The van der Waals surface area contributed by atoms with Crippen LogP contribution in [0, 0.1) is 0 Å². The summed E-state index contributed by atoms with van der Waals surface area (Å²) in [4.78, 5) is 0. The topological polar surface area (TPSA) is 24.7 Å². The molecule has 2 aromatic rings. The van der Waals surface area contributed by atoms with Crippen LogP contribution in [0.1, 0.15) is 37.8 Å². The first-order chi connectivity index (χ1) is 9.85. The Labute approximate surface area is 120 Å². The largest absolute Gasteiger partial charge is 0.155 e. The average molecular weight is 264 g/mol. The monoisotopic (exact) mass is 264 g/mol. The van der Waals surface area contributed by atoms with E-state index in [0.717, 1.165) is 35.4 Å². The summed E-state index contributed by atoms with van der Waals surface area (Å²) in [5, 5.41) is 8.93. The second-order valence-electron chi connectivity index (χ2n) is 4.53. The van der Waals surface area contributed by atoms with E-state index in [1.54, 1.807) is 0 Å². The lowest BCUT2D eigenvalue weighted by Crippen LogP contribution is -2.01. The molecule has 0 amide bonds. The molecule has 0 spiro atoms. The Bertz CT molecular complexity index is 528. The third kappa shape index (κ3) is 3.64. The third-order valence-corrected chi connectivity index (χ3v) is 3.18. The van der Waals surface area contributed by atoms with Crippen LogP contribution in [-0.2, 0) is 0 Å². The fourth-order valence-electron chi connectivity index (χ4n) is 2.05. The predicted octanol–water partition coefficient (Wildman–Crippen LogP) is 4.70. The summed E-state index contributed by atoms with van der Waals surface area (Å²) in [5.41, 5.74) is 4.32. The van der Waals surface area contributed by atoms with Crippen molar-refractivity contribution >= 4 is 11.4 Å². The van der Waals surface area contributed by atoms with E-state index in [-0.39, 0.29) is 0 Å². The number of hydrogen-bond acceptors (Lipinski definition) is 2. The molecule has 0 aliphatic rings. The predicted molar refractivity (Wildman–Crippen MR) is 86.5 cm³/mol. The van der Waals surface area contributed by atoms with Gasteiger partial charge in [0.2, 0.25) is 0 Å². The Morgan fingerprint density at radius 3 is 1.30 bits per heavy atom. The van der Waals surface area contributed by atoms with E-state index >= 15 is 0 Å². The Morgan fingerprint density at radius 2 is 1.00 bits per heavy atom. The molecule has 0 aliphatic carbocycles. The van der Waals surface area contributed by atoms with Gasteiger partial charge in [0.05, 0.1) is 11.4 Å². The van der Waals surface area contributed by atoms with Crippen LogP contribution < -0.4 is 0 Å². The molecule has 2 nitrogen and oxygen atoms in total. The van der Waals surface area contributed by atoms with E-state index in [0.29, 0.717) is 0 Å². The van der Waals surface area contributed by atoms with Crippen LogP contribution in [0.3, 0.4) is 0 Å². The van der Waals surface area contributed by atoms with Gasteiger partial charge in [-0.2, -0.15) is 10.2 Å². The lowest BCUT2D eigenvalue weighted by molar-refractivity contribution is 1.13. The first-order valence-electron chi connectivity index (χ1n) is 7.09.